The highest BCUT2D eigenvalue weighted by molar-refractivity contribution is 9.10. The number of aryl methyl sites for hydroxylation is 2. The van der Waals surface area contributed by atoms with Gasteiger partial charge in [-0.25, -0.2) is 0 Å². The Hall–Kier alpha value is -1.62. The summed E-state index contributed by atoms with van der Waals surface area (Å²) in [7, 11) is 0. The molecule has 2 aromatic rings. The molecule has 0 atom stereocenters. The van der Waals surface area contributed by atoms with Crippen LogP contribution in [0.25, 0.3) is 11.3 Å². The molecule has 0 aliphatic heterocycles. The molecule has 0 spiro atoms. The highest BCUT2D eigenvalue weighted by atomic mass is 79.9. The molecular weight excluding hydrogens is 308 g/mol. The molecule has 0 unspecified atom stereocenters. The van der Waals surface area contributed by atoms with Gasteiger partial charge in [0.1, 0.15) is 0 Å². The summed E-state index contributed by atoms with van der Waals surface area (Å²) in [5.74, 6) is -0.797. The molecule has 0 radical (unpaired) electrons. The molecule has 0 saturated heterocycles. The van der Waals surface area contributed by atoms with Gasteiger partial charge in [0, 0.05) is 15.7 Å². The molecule has 4 nitrogen and oxygen atoms in total. The third kappa shape index (κ3) is 3.04. The average Bonchev–Trinajstić information content (AvgIpc) is 2.71. The highest BCUT2D eigenvalue weighted by Crippen LogP contribution is 2.29. The number of carboxylic acid groups (broad SMARTS) is 1. The SMILES string of the molecule is Cc1ccc(Br)cc1-c1n[nH]c(CCC(=O)O)c1C. The van der Waals surface area contributed by atoms with E-state index in [0.717, 1.165) is 32.6 Å². The van der Waals surface area contributed by atoms with Crippen molar-refractivity contribution in [2.75, 3.05) is 0 Å². The summed E-state index contributed by atoms with van der Waals surface area (Å²) in [4.78, 5) is 10.6. The van der Waals surface area contributed by atoms with Crippen LogP contribution in [0.2, 0.25) is 0 Å². The number of aromatic amines is 1. The molecule has 0 aliphatic rings. The summed E-state index contributed by atoms with van der Waals surface area (Å²) in [6.45, 7) is 4.00. The quantitative estimate of drug-likeness (QED) is 0.905. The lowest BCUT2D eigenvalue weighted by Gasteiger charge is -2.05. The average molecular weight is 323 g/mol. The lowest BCUT2D eigenvalue weighted by atomic mass is 10.0. The van der Waals surface area contributed by atoms with Crippen LogP contribution in [0.4, 0.5) is 0 Å². The Bertz CT molecular complexity index is 620. The number of rotatable bonds is 4. The number of nitrogens with zero attached hydrogens (tertiary/aromatic N) is 1. The van der Waals surface area contributed by atoms with E-state index >= 15 is 0 Å². The molecule has 0 fully saturated rings. The van der Waals surface area contributed by atoms with Gasteiger partial charge in [0.2, 0.25) is 0 Å². The number of nitrogens with one attached hydrogen (secondary N) is 1. The maximum absolute atomic E-state index is 10.6. The third-order valence-corrected chi connectivity index (χ3v) is 3.65. The zero-order valence-electron chi connectivity index (χ0n) is 10.8. The molecule has 0 aliphatic carbocycles. The van der Waals surface area contributed by atoms with Crippen molar-refractivity contribution in [2.45, 2.75) is 26.7 Å². The van der Waals surface area contributed by atoms with Crippen molar-refractivity contribution in [3.05, 3.63) is 39.5 Å². The second-order valence-electron chi connectivity index (χ2n) is 4.53. The maximum atomic E-state index is 10.6. The third-order valence-electron chi connectivity index (χ3n) is 3.15. The van der Waals surface area contributed by atoms with Crippen molar-refractivity contribution in [3.63, 3.8) is 0 Å². The Labute approximate surface area is 120 Å². The molecule has 0 bridgehead atoms. The minimum absolute atomic E-state index is 0.111. The topological polar surface area (TPSA) is 66.0 Å². The first-order valence-corrected chi connectivity index (χ1v) is 6.80. The van der Waals surface area contributed by atoms with E-state index in [2.05, 4.69) is 26.1 Å². The fraction of sp³-hybridized carbons (Fsp3) is 0.286. The van der Waals surface area contributed by atoms with Crippen LogP contribution >= 0.6 is 15.9 Å². The van der Waals surface area contributed by atoms with Gasteiger partial charge >= 0.3 is 5.97 Å². The number of aliphatic carboxylic acids is 1. The van der Waals surface area contributed by atoms with Gasteiger partial charge in [-0.3, -0.25) is 9.89 Å². The van der Waals surface area contributed by atoms with Crippen LogP contribution < -0.4 is 0 Å². The van der Waals surface area contributed by atoms with Gasteiger partial charge in [-0.2, -0.15) is 5.10 Å². The first-order valence-electron chi connectivity index (χ1n) is 6.01. The summed E-state index contributed by atoms with van der Waals surface area (Å²) in [6, 6.07) is 6.05. The number of halogens is 1. The Morgan fingerprint density at radius 1 is 1.42 bits per heavy atom. The van der Waals surface area contributed by atoms with Gasteiger partial charge in [0.05, 0.1) is 12.1 Å². The molecule has 1 aromatic carbocycles. The van der Waals surface area contributed by atoms with Crippen molar-refractivity contribution in [3.8, 4) is 11.3 Å². The van der Waals surface area contributed by atoms with Crippen molar-refractivity contribution < 1.29 is 9.90 Å². The Balaban J connectivity index is 2.36. The normalized spacial score (nSPS) is 10.7. The number of H-pyrrole nitrogens is 1. The fourth-order valence-corrected chi connectivity index (χ4v) is 2.38. The van der Waals surface area contributed by atoms with Crippen LogP contribution in [-0.4, -0.2) is 21.3 Å². The predicted octanol–water partition coefficient (Wildman–Crippen LogP) is 3.47. The van der Waals surface area contributed by atoms with E-state index in [4.69, 9.17) is 5.11 Å². The zero-order valence-corrected chi connectivity index (χ0v) is 12.4. The van der Waals surface area contributed by atoms with Crippen LogP contribution in [0, 0.1) is 13.8 Å². The van der Waals surface area contributed by atoms with E-state index in [1.807, 2.05) is 32.0 Å². The molecule has 100 valence electrons. The van der Waals surface area contributed by atoms with Crippen molar-refractivity contribution in [2.24, 2.45) is 0 Å². The zero-order chi connectivity index (χ0) is 14.0. The van der Waals surface area contributed by atoms with E-state index in [1.54, 1.807) is 0 Å². The number of aromatic nitrogens is 2. The monoisotopic (exact) mass is 322 g/mol. The summed E-state index contributed by atoms with van der Waals surface area (Å²) in [5.41, 5.74) is 4.99. The van der Waals surface area contributed by atoms with Crippen molar-refractivity contribution in [1.29, 1.82) is 0 Å². The minimum Gasteiger partial charge on any atom is -0.481 e. The number of hydrogen-bond donors (Lipinski definition) is 2. The van der Waals surface area contributed by atoms with Gasteiger partial charge in [0.15, 0.2) is 0 Å². The lowest BCUT2D eigenvalue weighted by Crippen LogP contribution is -1.98. The molecule has 1 heterocycles. The van der Waals surface area contributed by atoms with Crippen LogP contribution in [-0.2, 0) is 11.2 Å². The molecule has 5 heteroatoms. The predicted molar refractivity (Wildman–Crippen MR) is 77.2 cm³/mol. The highest BCUT2D eigenvalue weighted by Gasteiger charge is 2.13. The molecule has 2 N–H and O–H groups in total. The molecule has 0 saturated carbocycles. The summed E-state index contributed by atoms with van der Waals surface area (Å²) >= 11 is 3.46. The lowest BCUT2D eigenvalue weighted by molar-refractivity contribution is -0.136. The summed E-state index contributed by atoms with van der Waals surface area (Å²) in [5, 5.41) is 16.0. The molecule has 2 rings (SSSR count). The largest absolute Gasteiger partial charge is 0.481 e. The Morgan fingerprint density at radius 3 is 2.84 bits per heavy atom. The second-order valence-corrected chi connectivity index (χ2v) is 5.44. The Morgan fingerprint density at radius 2 is 2.16 bits per heavy atom. The van der Waals surface area contributed by atoms with Gasteiger partial charge in [-0.1, -0.05) is 22.0 Å². The van der Waals surface area contributed by atoms with E-state index in [9.17, 15) is 4.79 Å². The molecule has 1 aromatic heterocycles. The number of carbonyl (C=O) groups is 1. The van der Waals surface area contributed by atoms with Crippen molar-refractivity contribution >= 4 is 21.9 Å². The molecule has 19 heavy (non-hydrogen) atoms. The number of carboxylic acids is 1. The summed E-state index contributed by atoms with van der Waals surface area (Å²) < 4.78 is 1.00. The first kappa shape index (κ1) is 13.8. The van der Waals surface area contributed by atoms with E-state index in [0.29, 0.717) is 6.42 Å². The number of benzene rings is 1. The van der Waals surface area contributed by atoms with E-state index in [1.165, 1.54) is 0 Å². The van der Waals surface area contributed by atoms with Crippen LogP contribution in [0.5, 0.6) is 0 Å². The van der Waals surface area contributed by atoms with Gasteiger partial charge in [-0.15, -0.1) is 0 Å². The standard InChI is InChI=1S/C14H15BrN2O2/c1-8-3-4-10(15)7-11(8)14-9(2)12(16-17-14)5-6-13(18)19/h3-4,7H,5-6H2,1-2H3,(H,16,17)(H,18,19). The molecule has 0 amide bonds. The van der Waals surface area contributed by atoms with Crippen LogP contribution in [0.1, 0.15) is 23.2 Å². The summed E-state index contributed by atoms with van der Waals surface area (Å²) in [6.07, 6.45) is 0.584. The first-order chi connectivity index (χ1) is 8.99. The van der Waals surface area contributed by atoms with Gasteiger partial charge < -0.3 is 5.11 Å². The second kappa shape index (κ2) is 5.57. The van der Waals surface area contributed by atoms with Crippen molar-refractivity contribution in [1.82, 2.24) is 10.2 Å². The maximum Gasteiger partial charge on any atom is 0.303 e. The van der Waals surface area contributed by atoms with Gasteiger partial charge in [0.25, 0.3) is 0 Å². The Kier molecular flexibility index (Phi) is 4.04. The minimum atomic E-state index is -0.797. The van der Waals surface area contributed by atoms with E-state index < -0.39 is 5.97 Å². The number of hydrogen-bond acceptors (Lipinski definition) is 2. The fourth-order valence-electron chi connectivity index (χ4n) is 2.02. The smallest absolute Gasteiger partial charge is 0.303 e. The van der Waals surface area contributed by atoms with Gasteiger partial charge in [-0.05, 0) is 43.5 Å². The van der Waals surface area contributed by atoms with Crippen LogP contribution in [0.3, 0.4) is 0 Å². The van der Waals surface area contributed by atoms with Crippen LogP contribution in [0.15, 0.2) is 22.7 Å². The molecular formula is C14H15BrN2O2. The van der Waals surface area contributed by atoms with E-state index in [-0.39, 0.29) is 6.42 Å².